The fourth-order valence-corrected chi connectivity index (χ4v) is 2.76. The Labute approximate surface area is 142 Å². The van der Waals surface area contributed by atoms with Gasteiger partial charge in [-0.1, -0.05) is 0 Å². The average Bonchev–Trinajstić information content (AvgIpc) is 3.37. The second-order valence-electron chi connectivity index (χ2n) is 5.56. The number of esters is 1. The molecule has 0 spiro atoms. The lowest BCUT2D eigenvalue weighted by molar-refractivity contribution is -0.125. The Morgan fingerprint density at radius 1 is 1.48 bits per heavy atom. The molecule has 0 aromatic heterocycles. The second kappa shape index (κ2) is 7.01. The largest absolute Gasteiger partial charge is 0.496 e. The van der Waals surface area contributed by atoms with Crippen molar-refractivity contribution in [2.45, 2.75) is 25.3 Å². The molecular formula is C16H17BrN2O4. The van der Waals surface area contributed by atoms with E-state index in [4.69, 9.17) is 9.47 Å². The third-order valence-electron chi connectivity index (χ3n) is 3.75. The van der Waals surface area contributed by atoms with Crippen LogP contribution in [-0.4, -0.2) is 31.1 Å². The highest BCUT2D eigenvalue weighted by atomic mass is 79.9. The number of nitrogens with one attached hydrogen (secondary N) is 1. The van der Waals surface area contributed by atoms with Gasteiger partial charge in [-0.3, -0.25) is 4.79 Å². The predicted molar refractivity (Wildman–Crippen MR) is 85.9 cm³/mol. The number of nitriles is 1. The summed E-state index contributed by atoms with van der Waals surface area (Å²) in [5, 5.41) is 11.8. The summed E-state index contributed by atoms with van der Waals surface area (Å²) in [7, 11) is 1.52. The molecule has 7 heteroatoms. The Morgan fingerprint density at radius 3 is 2.70 bits per heavy atom. The van der Waals surface area contributed by atoms with Crippen LogP contribution in [0.3, 0.4) is 0 Å². The van der Waals surface area contributed by atoms with Crippen LogP contribution in [0.15, 0.2) is 22.7 Å². The summed E-state index contributed by atoms with van der Waals surface area (Å²) < 4.78 is 10.7. The second-order valence-corrected chi connectivity index (χ2v) is 6.42. The first-order valence-corrected chi connectivity index (χ1v) is 7.92. The van der Waals surface area contributed by atoms with Crippen molar-refractivity contribution in [3.05, 3.63) is 28.2 Å². The van der Waals surface area contributed by atoms with Gasteiger partial charge >= 0.3 is 5.97 Å². The Balaban J connectivity index is 1.90. The van der Waals surface area contributed by atoms with Crippen molar-refractivity contribution in [2.24, 2.45) is 5.92 Å². The zero-order valence-corrected chi connectivity index (χ0v) is 14.5. The summed E-state index contributed by atoms with van der Waals surface area (Å²) in [6.07, 6.45) is 1.84. The molecule has 6 nitrogen and oxygen atoms in total. The first-order chi connectivity index (χ1) is 10.9. The summed E-state index contributed by atoms with van der Waals surface area (Å²) in [4.78, 5) is 23.8. The van der Waals surface area contributed by atoms with Gasteiger partial charge in [-0.05, 0) is 59.8 Å². The Hall–Kier alpha value is -2.07. The number of amides is 1. The van der Waals surface area contributed by atoms with Crippen molar-refractivity contribution in [3.8, 4) is 11.8 Å². The van der Waals surface area contributed by atoms with Gasteiger partial charge in [0.05, 0.1) is 23.2 Å². The van der Waals surface area contributed by atoms with Gasteiger partial charge in [-0.15, -0.1) is 0 Å². The van der Waals surface area contributed by atoms with E-state index < -0.39 is 24.0 Å². The summed E-state index contributed by atoms with van der Waals surface area (Å²) in [5.74, 6) is -0.339. The molecule has 2 rings (SSSR count). The van der Waals surface area contributed by atoms with Gasteiger partial charge < -0.3 is 14.8 Å². The van der Waals surface area contributed by atoms with Gasteiger partial charge in [-0.2, -0.15) is 5.26 Å². The quantitative estimate of drug-likeness (QED) is 0.765. The van der Waals surface area contributed by atoms with Crippen LogP contribution in [0.2, 0.25) is 0 Å². The maximum absolute atomic E-state index is 12.0. The molecule has 1 aromatic carbocycles. The SMILES string of the molecule is COc1ccc(C(=O)OCC(=O)N[C@](C)(C#N)C2CC2)cc1Br. The number of benzene rings is 1. The number of ether oxygens (including phenoxy) is 2. The zero-order valence-electron chi connectivity index (χ0n) is 12.9. The number of halogens is 1. The highest BCUT2D eigenvalue weighted by Crippen LogP contribution is 2.39. The molecule has 1 aromatic rings. The number of rotatable bonds is 6. The summed E-state index contributed by atoms with van der Waals surface area (Å²) in [6.45, 7) is 1.26. The molecule has 1 fully saturated rings. The van der Waals surface area contributed by atoms with Crippen molar-refractivity contribution < 1.29 is 19.1 Å². The summed E-state index contributed by atoms with van der Waals surface area (Å²) in [6, 6.07) is 6.85. The van der Waals surface area contributed by atoms with Crippen molar-refractivity contribution in [1.82, 2.24) is 5.32 Å². The van der Waals surface area contributed by atoms with E-state index in [0.717, 1.165) is 12.8 Å². The van der Waals surface area contributed by atoms with Crippen LogP contribution in [0, 0.1) is 17.2 Å². The number of hydrogen-bond donors (Lipinski definition) is 1. The molecule has 1 aliphatic rings. The lowest BCUT2D eigenvalue weighted by atomic mass is 9.98. The molecule has 1 atom stereocenters. The number of carbonyl (C=O) groups excluding carboxylic acids is 2. The molecular weight excluding hydrogens is 364 g/mol. The van der Waals surface area contributed by atoms with E-state index in [1.165, 1.54) is 7.11 Å². The van der Waals surface area contributed by atoms with Gasteiger partial charge in [0.2, 0.25) is 0 Å². The first kappa shape index (κ1) is 17.3. The molecule has 0 heterocycles. The Morgan fingerprint density at radius 2 is 2.17 bits per heavy atom. The van der Waals surface area contributed by atoms with Crippen LogP contribution < -0.4 is 10.1 Å². The number of nitrogens with zero attached hydrogens (tertiary/aromatic N) is 1. The lowest BCUT2D eigenvalue weighted by Crippen LogP contribution is -2.48. The number of hydrogen-bond acceptors (Lipinski definition) is 5. The van der Waals surface area contributed by atoms with Gasteiger partial charge in [0.25, 0.3) is 5.91 Å². The van der Waals surface area contributed by atoms with E-state index in [1.807, 2.05) is 0 Å². The van der Waals surface area contributed by atoms with Gasteiger partial charge in [0.15, 0.2) is 6.61 Å². The van der Waals surface area contributed by atoms with Crippen LogP contribution in [0.1, 0.15) is 30.1 Å². The number of carbonyl (C=O) groups is 2. The van der Waals surface area contributed by atoms with Gasteiger partial charge in [0.1, 0.15) is 11.3 Å². The van der Waals surface area contributed by atoms with Crippen molar-refractivity contribution in [2.75, 3.05) is 13.7 Å². The third-order valence-corrected chi connectivity index (χ3v) is 4.37. The average molecular weight is 381 g/mol. The highest BCUT2D eigenvalue weighted by molar-refractivity contribution is 9.10. The summed E-state index contributed by atoms with van der Waals surface area (Å²) in [5.41, 5.74) is -0.595. The van der Waals surface area contributed by atoms with E-state index in [1.54, 1.807) is 25.1 Å². The summed E-state index contributed by atoms with van der Waals surface area (Å²) >= 11 is 3.28. The molecule has 1 N–H and O–H groups in total. The predicted octanol–water partition coefficient (Wildman–Crippen LogP) is 2.42. The van der Waals surface area contributed by atoms with Crippen LogP contribution in [-0.2, 0) is 9.53 Å². The van der Waals surface area contributed by atoms with Crippen LogP contribution in [0.4, 0.5) is 0 Å². The van der Waals surface area contributed by atoms with Crippen molar-refractivity contribution >= 4 is 27.8 Å². The molecule has 0 unspecified atom stereocenters. The maximum atomic E-state index is 12.0. The van der Waals surface area contributed by atoms with Gasteiger partial charge in [0, 0.05) is 0 Å². The minimum Gasteiger partial charge on any atom is -0.496 e. The van der Waals surface area contributed by atoms with Crippen LogP contribution in [0.5, 0.6) is 5.75 Å². The highest BCUT2D eigenvalue weighted by Gasteiger charge is 2.43. The minimum atomic E-state index is -0.896. The molecule has 0 bridgehead atoms. The van der Waals surface area contributed by atoms with Crippen LogP contribution >= 0.6 is 15.9 Å². The topological polar surface area (TPSA) is 88.4 Å². The fraction of sp³-hybridized carbons (Fsp3) is 0.438. The van der Waals surface area contributed by atoms with E-state index in [9.17, 15) is 14.9 Å². The standard InChI is InChI=1S/C16H17BrN2O4/c1-16(9-18,11-4-5-11)19-14(20)8-23-15(21)10-3-6-13(22-2)12(17)7-10/h3,6-7,11H,4-5,8H2,1-2H3,(H,19,20)/t16-/m1/s1. The zero-order chi connectivity index (χ0) is 17.0. The molecule has 1 aliphatic carbocycles. The minimum absolute atomic E-state index is 0.171. The monoisotopic (exact) mass is 380 g/mol. The van der Waals surface area contributed by atoms with E-state index in [2.05, 4.69) is 27.3 Å². The molecule has 0 radical (unpaired) electrons. The maximum Gasteiger partial charge on any atom is 0.338 e. The molecule has 1 saturated carbocycles. The Kier molecular flexibility index (Phi) is 5.26. The smallest absolute Gasteiger partial charge is 0.338 e. The molecule has 1 amide bonds. The first-order valence-electron chi connectivity index (χ1n) is 7.12. The molecule has 0 saturated heterocycles. The molecule has 23 heavy (non-hydrogen) atoms. The number of methoxy groups -OCH3 is 1. The third kappa shape index (κ3) is 4.23. The van der Waals surface area contributed by atoms with E-state index in [-0.39, 0.29) is 5.92 Å². The van der Waals surface area contributed by atoms with Crippen molar-refractivity contribution in [3.63, 3.8) is 0 Å². The van der Waals surface area contributed by atoms with E-state index >= 15 is 0 Å². The van der Waals surface area contributed by atoms with Crippen molar-refractivity contribution in [1.29, 1.82) is 5.26 Å². The molecule has 122 valence electrons. The van der Waals surface area contributed by atoms with E-state index in [0.29, 0.717) is 15.8 Å². The van der Waals surface area contributed by atoms with Crippen LogP contribution in [0.25, 0.3) is 0 Å². The fourth-order valence-electron chi connectivity index (χ4n) is 2.22. The lowest BCUT2D eigenvalue weighted by Gasteiger charge is -2.22. The molecule has 0 aliphatic heterocycles. The normalized spacial score (nSPS) is 15.9. The Bertz CT molecular complexity index is 667. The van der Waals surface area contributed by atoms with Gasteiger partial charge in [-0.25, -0.2) is 4.79 Å².